The Morgan fingerprint density at radius 2 is 1.86 bits per heavy atom. The molecule has 4 heteroatoms. The van der Waals surface area contributed by atoms with Crippen LogP contribution in [-0.2, 0) is 9.59 Å². The minimum absolute atomic E-state index is 0.0382. The van der Waals surface area contributed by atoms with E-state index >= 15 is 0 Å². The van der Waals surface area contributed by atoms with E-state index in [1.165, 1.54) is 38.5 Å². The number of hydrogen-bond acceptors (Lipinski definition) is 2. The summed E-state index contributed by atoms with van der Waals surface area (Å²) in [6.07, 6.45) is 9.53. The highest BCUT2D eigenvalue weighted by Crippen LogP contribution is 2.32. The van der Waals surface area contributed by atoms with E-state index in [-0.39, 0.29) is 24.4 Å². The van der Waals surface area contributed by atoms with Crippen molar-refractivity contribution in [3.8, 4) is 0 Å². The van der Waals surface area contributed by atoms with Gasteiger partial charge in [-0.3, -0.25) is 9.59 Å². The van der Waals surface area contributed by atoms with Crippen LogP contribution < -0.4 is 5.32 Å². The van der Waals surface area contributed by atoms with Crippen LogP contribution in [-0.4, -0.2) is 35.8 Å². The Morgan fingerprint density at radius 1 is 1.10 bits per heavy atom. The molecule has 0 spiro atoms. The highest BCUT2D eigenvalue weighted by molar-refractivity contribution is 5.95. The van der Waals surface area contributed by atoms with Gasteiger partial charge in [0.05, 0.1) is 6.54 Å². The van der Waals surface area contributed by atoms with E-state index in [9.17, 15) is 9.59 Å². The van der Waals surface area contributed by atoms with Gasteiger partial charge in [0.2, 0.25) is 11.8 Å². The summed E-state index contributed by atoms with van der Waals surface area (Å²) in [7, 11) is 0. The summed E-state index contributed by atoms with van der Waals surface area (Å²) in [5.41, 5.74) is 0. The van der Waals surface area contributed by atoms with Gasteiger partial charge in [0.15, 0.2) is 0 Å². The monoisotopic (exact) mass is 292 g/mol. The summed E-state index contributed by atoms with van der Waals surface area (Å²) in [4.78, 5) is 26.6. The minimum Gasteiger partial charge on any atom is -0.342 e. The van der Waals surface area contributed by atoms with E-state index in [1.54, 1.807) is 0 Å². The molecule has 1 N–H and O–H groups in total. The Balaban J connectivity index is 1.63. The van der Waals surface area contributed by atoms with Crippen LogP contribution in [0.5, 0.6) is 0 Å². The Hall–Kier alpha value is -1.06. The highest BCUT2D eigenvalue weighted by atomic mass is 16.2. The zero-order chi connectivity index (χ0) is 14.8. The lowest BCUT2D eigenvalue weighted by molar-refractivity contribution is -0.146. The number of rotatable bonds is 3. The number of nitrogens with zero attached hydrogens (tertiary/aromatic N) is 1. The second kappa shape index (κ2) is 6.37. The van der Waals surface area contributed by atoms with Crippen molar-refractivity contribution in [2.45, 2.75) is 64.3 Å². The molecule has 21 heavy (non-hydrogen) atoms. The lowest BCUT2D eigenvalue weighted by Crippen LogP contribution is -2.61. The second-order valence-corrected chi connectivity index (χ2v) is 7.45. The zero-order valence-electron chi connectivity index (χ0n) is 13.1. The van der Waals surface area contributed by atoms with Crippen molar-refractivity contribution in [3.63, 3.8) is 0 Å². The first-order valence-electron chi connectivity index (χ1n) is 8.71. The summed E-state index contributed by atoms with van der Waals surface area (Å²) >= 11 is 0. The molecular weight excluding hydrogens is 264 g/mol. The van der Waals surface area contributed by atoms with Crippen molar-refractivity contribution in [2.75, 3.05) is 13.1 Å². The number of piperazine rings is 1. The Bertz CT molecular complexity index is 404. The van der Waals surface area contributed by atoms with Crippen molar-refractivity contribution in [1.82, 2.24) is 10.2 Å². The van der Waals surface area contributed by atoms with Gasteiger partial charge in [-0.1, -0.05) is 32.6 Å². The number of nitrogens with one attached hydrogen (secondary N) is 1. The number of amides is 2. The lowest BCUT2D eigenvalue weighted by Gasteiger charge is -2.38. The van der Waals surface area contributed by atoms with Gasteiger partial charge in [0.1, 0.15) is 6.04 Å². The summed E-state index contributed by atoms with van der Waals surface area (Å²) < 4.78 is 0. The fourth-order valence-electron chi connectivity index (χ4n) is 4.47. The van der Waals surface area contributed by atoms with Gasteiger partial charge in [0, 0.05) is 6.54 Å². The fraction of sp³-hybridized carbons (Fsp3) is 0.882. The van der Waals surface area contributed by atoms with E-state index in [1.807, 2.05) is 4.90 Å². The third kappa shape index (κ3) is 3.41. The Morgan fingerprint density at radius 3 is 2.52 bits per heavy atom. The van der Waals surface area contributed by atoms with Crippen molar-refractivity contribution < 1.29 is 9.59 Å². The van der Waals surface area contributed by atoms with E-state index in [0.717, 1.165) is 25.3 Å². The number of carbonyl (C=O) groups excluding carboxylic acids is 2. The van der Waals surface area contributed by atoms with Gasteiger partial charge in [0.25, 0.3) is 0 Å². The van der Waals surface area contributed by atoms with Crippen LogP contribution in [0, 0.1) is 17.8 Å². The molecule has 3 rings (SSSR count). The predicted molar refractivity (Wildman–Crippen MR) is 81.6 cm³/mol. The average molecular weight is 292 g/mol. The maximum atomic E-state index is 12.8. The minimum atomic E-state index is -0.245. The van der Waals surface area contributed by atoms with Crippen LogP contribution in [0.1, 0.15) is 58.3 Å². The van der Waals surface area contributed by atoms with Gasteiger partial charge >= 0.3 is 0 Å². The first-order valence-corrected chi connectivity index (χ1v) is 8.71. The molecular formula is C17H28N2O2. The van der Waals surface area contributed by atoms with Crippen LogP contribution in [0.4, 0.5) is 0 Å². The highest BCUT2D eigenvalue weighted by Gasteiger charge is 2.39. The molecule has 1 saturated heterocycles. The average Bonchev–Trinajstić information content (AvgIpc) is 2.89. The van der Waals surface area contributed by atoms with Crippen molar-refractivity contribution >= 4 is 11.8 Å². The third-order valence-corrected chi connectivity index (χ3v) is 5.63. The van der Waals surface area contributed by atoms with Crippen LogP contribution >= 0.6 is 0 Å². The SMILES string of the molecule is CC1CCC(CN2CC(=O)NC(C3CCCCC3)C2=O)C1. The molecule has 118 valence electrons. The summed E-state index contributed by atoms with van der Waals surface area (Å²) in [6, 6.07) is -0.245. The smallest absolute Gasteiger partial charge is 0.245 e. The molecule has 3 aliphatic rings. The summed E-state index contributed by atoms with van der Waals surface area (Å²) in [6.45, 7) is 3.35. The maximum Gasteiger partial charge on any atom is 0.245 e. The normalized spacial score (nSPS) is 35.1. The topological polar surface area (TPSA) is 49.4 Å². The molecule has 0 aromatic rings. The van der Waals surface area contributed by atoms with Gasteiger partial charge in [-0.05, 0) is 43.4 Å². The molecule has 2 amide bonds. The van der Waals surface area contributed by atoms with E-state index in [4.69, 9.17) is 0 Å². The maximum absolute atomic E-state index is 12.8. The standard InChI is InChI=1S/C17H28N2O2/c1-12-7-8-13(9-12)10-19-11-15(20)18-16(17(19)21)14-5-3-2-4-6-14/h12-14,16H,2-11H2,1H3,(H,18,20). The summed E-state index contributed by atoms with van der Waals surface area (Å²) in [5.74, 6) is 1.96. The zero-order valence-corrected chi connectivity index (χ0v) is 13.1. The molecule has 0 aromatic heterocycles. The molecule has 2 saturated carbocycles. The van der Waals surface area contributed by atoms with Crippen molar-refractivity contribution in [3.05, 3.63) is 0 Å². The predicted octanol–water partition coefficient (Wildman–Crippen LogP) is 2.33. The molecule has 3 fully saturated rings. The number of carbonyl (C=O) groups is 2. The molecule has 0 aromatic carbocycles. The van der Waals surface area contributed by atoms with Gasteiger partial charge in [-0.25, -0.2) is 0 Å². The Labute approximate surface area is 127 Å². The van der Waals surface area contributed by atoms with Gasteiger partial charge in [-0.2, -0.15) is 0 Å². The molecule has 1 aliphatic heterocycles. The van der Waals surface area contributed by atoms with Crippen molar-refractivity contribution in [1.29, 1.82) is 0 Å². The van der Waals surface area contributed by atoms with Crippen LogP contribution in [0.3, 0.4) is 0 Å². The van der Waals surface area contributed by atoms with Crippen LogP contribution in [0.2, 0.25) is 0 Å². The first kappa shape index (κ1) is 14.9. The van der Waals surface area contributed by atoms with Crippen LogP contribution in [0.25, 0.3) is 0 Å². The second-order valence-electron chi connectivity index (χ2n) is 7.45. The Kier molecular flexibility index (Phi) is 4.51. The number of hydrogen-bond donors (Lipinski definition) is 1. The lowest BCUT2D eigenvalue weighted by atomic mass is 9.82. The molecule has 3 atom stereocenters. The molecule has 0 radical (unpaired) electrons. The molecule has 4 nitrogen and oxygen atoms in total. The largest absolute Gasteiger partial charge is 0.342 e. The molecule has 3 unspecified atom stereocenters. The van der Waals surface area contributed by atoms with Crippen molar-refractivity contribution in [2.24, 2.45) is 17.8 Å². The molecule has 1 heterocycles. The summed E-state index contributed by atoms with van der Waals surface area (Å²) in [5, 5.41) is 2.97. The van der Waals surface area contributed by atoms with E-state index < -0.39 is 0 Å². The van der Waals surface area contributed by atoms with Gasteiger partial charge < -0.3 is 10.2 Å². The molecule has 2 aliphatic carbocycles. The van der Waals surface area contributed by atoms with E-state index in [2.05, 4.69) is 12.2 Å². The molecule has 0 bridgehead atoms. The fourth-order valence-corrected chi connectivity index (χ4v) is 4.47. The van der Waals surface area contributed by atoms with E-state index in [0.29, 0.717) is 11.8 Å². The first-order chi connectivity index (χ1) is 10.1. The van der Waals surface area contributed by atoms with Gasteiger partial charge in [-0.15, -0.1) is 0 Å². The van der Waals surface area contributed by atoms with Crippen LogP contribution in [0.15, 0.2) is 0 Å². The quantitative estimate of drug-likeness (QED) is 0.868. The third-order valence-electron chi connectivity index (χ3n) is 5.63.